The highest BCUT2D eigenvalue weighted by molar-refractivity contribution is 7.80. The number of allylic oxidation sites excluding steroid dienone is 1. The minimum atomic E-state index is -2.24. The first-order chi connectivity index (χ1) is 10.9. The Morgan fingerprint density at radius 2 is 2.00 bits per heavy atom. The molecule has 0 aromatic heterocycles. The molecule has 0 aliphatic heterocycles. The van der Waals surface area contributed by atoms with Gasteiger partial charge in [0.2, 0.25) is 0 Å². The first kappa shape index (κ1) is 19.4. The van der Waals surface area contributed by atoms with E-state index in [1.165, 1.54) is 4.31 Å². The van der Waals surface area contributed by atoms with E-state index in [0.29, 0.717) is 5.69 Å². The highest BCUT2D eigenvalue weighted by Gasteiger charge is 2.30. The topological polar surface area (TPSA) is 66.8 Å². The second-order valence-corrected chi connectivity index (χ2v) is 6.21. The second-order valence-electron chi connectivity index (χ2n) is 5.35. The number of ether oxygens (including phenoxy) is 1. The van der Waals surface area contributed by atoms with E-state index >= 15 is 0 Å². The Balaban J connectivity index is 3.18. The quantitative estimate of drug-likeness (QED) is 0.447. The van der Waals surface area contributed by atoms with Gasteiger partial charge in [-0.15, -0.1) is 0 Å². The van der Waals surface area contributed by atoms with E-state index in [9.17, 15) is 13.6 Å². The van der Waals surface area contributed by atoms with Crippen LogP contribution in [0.1, 0.15) is 32.8 Å². The molecule has 0 aliphatic rings. The average molecular weight is 339 g/mol. The Morgan fingerprint density at radius 3 is 2.48 bits per heavy atom. The molecule has 3 unspecified atom stereocenters. The molecule has 1 aromatic carbocycles. The third kappa shape index (κ3) is 5.80. The zero-order valence-electron chi connectivity index (χ0n) is 14.1. The van der Waals surface area contributed by atoms with Crippen molar-refractivity contribution >= 4 is 22.9 Å². The molecule has 0 amide bonds. The highest BCUT2D eigenvalue weighted by atomic mass is 32.2. The Morgan fingerprint density at radius 1 is 1.39 bits per heavy atom. The maximum Gasteiger partial charge on any atom is 0.307 e. The van der Waals surface area contributed by atoms with Crippen molar-refractivity contribution in [2.45, 2.75) is 40.2 Å². The zero-order chi connectivity index (χ0) is 17.4. The number of carbonyl (C=O) groups is 1. The summed E-state index contributed by atoms with van der Waals surface area (Å²) >= 11 is -2.24. The molecule has 0 fully saturated rings. The van der Waals surface area contributed by atoms with Gasteiger partial charge in [0.05, 0.1) is 24.8 Å². The number of hydrogen-bond donors (Lipinski definition) is 1. The largest absolute Gasteiger partial charge is 0.466 e. The molecule has 128 valence electrons. The molecule has 0 saturated heterocycles. The number of carbonyl (C=O) groups excluding carboxylic acids is 1. The summed E-state index contributed by atoms with van der Waals surface area (Å²) in [6, 6.07) is 6.83. The number of nitrogens with zero attached hydrogens (tertiary/aromatic N) is 1. The lowest BCUT2D eigenvalue weighted by Gasteiger charge is -2.32. The van der Waals surface area contributed by atoms with Crippen molar-refractivity contribution in [1.29, 1.82) is 0 Å². The molecule has 3 atom stereocenters. The predicted molar refractivity (Wildman–Crippen MR) is 93.4 cm³/mol. The van der Waals surface area contributed by atoms with Crippen LogP contribution in [0.25, 0.3) is 0 Å². The minimum absolute atomic E-state index is 0.0412. The summed E-state index contributed by atoms with van der Waals surface area (Å²) in [4.78, 5) is 11.9. The Kier molecular flexibility index (Phi) is 7.98. The summed E-state index contributed by atoms with van der Waals surface area (Å²) in [6.45, 7) is 7.77. The summed E-state index contributed by atoms with van der Waals surface area (Å²) < 4.78 is 28.1. The third-order valence-electron chi connectivity index (χ3n) is 3.54. The first-order valence-electron chi connectivity index (χ1n) is 7.66. The molecule has 0 aliphatic carbocycles. The van der Waals surface area contributed by atoms with E-state index in [4.69, 9.17) is 4.74 Å². The normalized spacial score (nSPS) is 15.2. The fourth-order valence-corrected chi connectivity index (χ4v) is 3.19. The molecule has 0 bridgehead atoms. The molecule has 0 radical (unpaired) electrons. The van der Waals surface area contributed by atoms with Crippen LogP contribution < -0.4 is 4.31 Å². The Labute approximate surface area is 140 Å². The average Bonchev–Trinajstić information content (AvgIpc) is 2.48. The van der Waals surface area contributed by atoms with E-state index in [0.717, 1.165) is 5.56 Å². The van der Waals surface area contributed by atoms with Gasteiger partial charge in [0, 0.05) is 0 Å². The maximum atomic E-state index is 11.9. The van der Waals surface area contributed by atoms with E-state index in [1.54, 1.807) is 19.1 Å². The predicted octanol–water partition coefficient (Wildman–Crippen LogP) is 3.47. The summed E-state index contributed by atoms with van der Waals surface area (Å²) in [5, 5.41) is 0. The van der Waals surface area contributed by atoms with Crippen LogP contribution in [0.5, 0.6) is 0 Å². The lowest BCUT2D eigenvalue weighted by molar-refractivity contribution is -0.143. The molecule has 0 saturated carbocycles. The molecule has 1 N–H and O–H groups in total. The van der Waals surface area contributed by atoms with Gasteiger partial charge >= 0.3 is 5.97 Å². The third-order valence-corrected chi connectivity index (χ3v) is 4.36. The van der Waals surface area contributed by atoms with Crippen LogP contribution in [0.4, 0.5) is 5.69 Å². The van der Waals surface area contributed by atoms with E-state index in [1.807, 2.05) is 45.1 Å². The van der Waals surface area contributed by atoms with E-state index in [2.05, 4.69) is 0 Å². The van der Waals surface area contributed by atoms with Gasteiger partial charge in [-0.05, 0) is 38.8 Å². The second kappa shape index (κ2) is 9.47. The Hall–Kier alpha value is -1.66. The van der Waals surface area contributed by atoms with Gasteiger partial charge in [-0.3, -0.25) is 13.7 Å². The molecule has 0 heterocycles. The van der Waals surface area contributed by atoms with Crippen molar-refractivity contribution in [3.63, 3.8) is 0 Å². The van der Waals surface area contributed by atoms with Gasteiger partial charge in [0.25, 0.3) is 11.3 Å². The molecule has 23 heavy (non-hydrogen) atoms. The number of hydrogen-bond acceptors (Lipinski definition) is 3. The number of aryl methyl sites for hydroxylation is 1. The molecule has 6 heteroatoms. The van der Waals surface area contributed by atoms with Crippen molar-refractivity contribution in [1.82, 2.24) is 0 Å². The minimum Gasteiger partial charge on any atom is -0.466 e. The summed E-state index contributed by atoms with van der Waals surface area (Å²) in [5.74, 6) is -0.474. The zero-order valence-corrected chi connectivity index (χ0v) is 14.9. The van der Waals surface area contributed by atoms with Crippen LogP contribution in [0.3, 0.4) is 0 Å². The number of benzene rings is 1. The monoisotopic (exact) mass is 339 g/mol. The first-order valence-corrected chi connectivity index (χ1v) is 8.72. The van der Waals surface area contributed by atoms with Crippen LogP contribution >= 0.6 is 0 Å². The summed E-state index contributed by atoms with van der Waals surface area (Å²) in [5.41, 5.74) is 1.66. The van der Waals surface area contributed by atoms with Gasteiger partial charge in [0.15, 0.2) is 0 Å². The lowest BCUT2D eigenvalue weighted by atomic mass is 9.97. The lowest BCUT2D eigenvalue weighted by Crippen LogP contribution is -2.42. The fraction of sp³-hybridized carbons (Fsp3) is 0.471. The number of rotatable bonds is 8. The highest BCUT2D eigenvalue weighted by Crippen LogP contribution is 2.26. The van der Waals surface area contributed by atoms with Crippen molar-refractivity contribution < 1.29 is 18.3 Å². The van der Waals surface area contributed by atoms with Crippen molar-refractivity contribution in [2.24, 2.45) is 5.92 Å². The summed E-state index contributed by atoms with van der Waals surface area (Å²) in [7, 11) is 0. The van der Waals surface area contributed by atoms with E-state index < -0.39 is 17.3 Å². The van der Waals surface area contributed by atoms with Crippen LogP contribution in [0, 0.1) is 12.8 Å². The molecule has 5 nitrogen and oxygen atoms in total. The van der Waals surface area contributed by atoms with Gasteiger partial charge < -0.3 is 4.74 Å². The SMILES string of the molecule is CC=CC(C)C(CC(=O)OCC)N(c1ccc(C)cc1)S(=O)O. The van der Waals surface area contributed by atoms with Gasteiger partial charge in [-0.1, -0.05) is 36.8 Å². The maximum absolute atomic E-state index is 11.9. The van der Waals surface area contributed by atoms with Crippen LogP contribution in [0.15, 0.2) is 36.4 Å². The van der Waals surface area contributed by atoms with Gasteiger partial charge in [-0.25, -0.2) is 4.21 Å². The molecular weight excluding hydrogens is 314 g/mol. The number of esters is 1. The number of anilines is 1. The van der Waals surface area contributed by atoms with Crippen LogP contribution in [-0.2, 0) is 20.8 Å². The van der Waals surface area contributed by atoms with Crippen LogP contribution in [0.2, 0.25) is 0 Å². The van der Waals surface area contributed by atoms with Crippen molar-refractivity contribution in [3.8, 4) is 0 Å². The fourth-order valence-electron chi connectivity index (χ4n) is 2.39. The Bertz CT molecular complexity index is 556. The molecule has 1 rings (SSSR count). The standard InChI is InChI=1S/C17H25NO4S/c1-5-7-14(4)16(12-17(19)22-6-2)18(23(20)21)15-10-8-13(3)9-11-15/h5,7-11,14,16H,6,12H2,1-4H3,(H,20,21). The summed E-state index contributed by atoms with van der Waals surface area (Å²) in [6.07, 6.45) is 3.83. The van der Waals surface area contributed by atoms with Gasteiger partial charge in [0.1, 0.15) is 0 Å². The van der Waals surface area contributed by atoms with Crippen molar-refractivity contribution in [2.75, 3.05) is 10.9 Å². The molecular formula is C17H25NO4S. The van der Waals surface area contributed by atoms with E-state index in [-0.39, 0.29) is 24.9 Å². The van der Waals surface area contributed by atoms with Gasteiger partial charge in [-0.2, -0.15) is 0 Å². The molecule has 0 spiro atoms. The van der Waals surface area contributed by atoms with Crippen LogP contribution in [-0.4, -0.2) is 27.4 Å². The molecule has 1 aromatic rings. The smallest absolute Gasteiger partial charge is 0.307 e. The van der Waals surface area contributed by atoms with Crippen molar-refractivity contribution in [3.05, 3.63) is 42.0 Å².